The van der Waals surface area contributed by atoms with E-state index < -0.39 is 0 Å². The molecule has 3 heteroatoms. The van der Waals surface area contributed by atoms with Crippen LogP contribution in [0.15, 0.2) is 24.4 Å². The fourth-order valence-corrected chi connectivity index (χ4v) is 1.96. The van der Waals surface area contributed by atoms with Crippen LogP contribution in [0.25, 0.3) is 10.9 Å². The molecule has 1 heterocycles. The van der Waals surface area contributed by atoms with Crippen molar-refractivity contribution in [3.8, 4) is 0 Å². The molecule has 74 valence electrons. The van der Waals surface area contributed by atoms with Crippen molar-refractivity contribution >= 4 is 22.5 Å². The van der Waals surface area contributed by atoms with E-state index in [1.54, 1.807) is 0 Å². The molecule has 2 aromatic rings. The van der Waals surface area contributed by atoms with Crippen molar-refractivity contribution in [2.24, 2.45) is 0 Å². The summed E-state index contributed by atoms with van der Waals surface area (Å²) >= 11 is 5.99. The van der Waals surface area contributed by atoms with Gasteiger partial charge in [-0.3, -0.25) is 0 Å². The lowest BCUT2D eigenvalue weighted by atomic mass is 10.2. The molecule has 0 aliphatic heterocycles. The second-order valence-electron chi connectivity index (χ2n) is 3.64. The molecule has 0 unspecified atom stereocenters. The summed E-state index contributed by atoms with van der Waals surface area (Å²) in [5.41, 5.74) is 0.906. The Morgan fingerprint density at radius 2 is 2.07 bits per heavy atom. The molecule has 0 aliphatic rings. The van der Waals surface area contributed by atoms with Gasteiger partial charge in [0, 0.05) is 17.6 Å². The Balaban J connectivity index is 2.79. The predicted octanol–water partition coefficient (Wildman–Crippen LogP) is 4.01. The van der Waals surface area contributed by atoms with Crippen molar-refractivity contribution in [2.45, 2.75) is 19.9 Å². The maximum absolute atomic E-state index is 13.0. The quantitative estimate of drug-likeness (QED) is 0.672. The Labute approximate surface area is 87.1 Å². The lowest BCUT2D eigenvalue weighted by Crippen LogP contribution is -1.98. The van der Waals surface area contributed by atoms with Crippen LogP contribution in [0.1, 0.15) is 19.9 Å². The molecule has 1 aromatic carbocycles. The highest BCUT2D eigenvalue weighted by Gasteiger charge is 2.09. The molecule has 0 bridgehead atoms. The minimum absolute atomic E-state index is 0.288. The van der Waals surface area contributed by atoms with Crippen LogP contribution in [0, 0.1) is 5.82 Å². The Bertz CT molecular complexity index is 473. The lowest BCUT2D eigenvalue weighted by Gasteiger charge is -2.10. The van der Waals surface area contributed by atoms with E-state index in [2.05, 4.69) is 13.8 Å². The Kier molecular flexibility index (Phi) is 2.23. The first-order valence-corrected chi connectivity index (χ1v) is 4.93. The zero-order valence-corrected chi connectivity index (χ0v) is 8.85. The van der Waals surface area contributed by atoms with E-state index in [-0.39, 0.29) is 5.82 Å². The van der Waals surface area contributed by atoms with Gasteiger partial charge >= 0.3 is 0 Å². The van der Waals surface area contributed by atoms with Crippen LogP contribution in [0.2, 0.25) is 5.02 Å². The van der Waals surface area contributed by atoms with E-state index in [1.165, 1.54) is 12.1 Å². The van der Waals surface area contributed by atoms with E-state index in [0.29, 0.717) is 11.1 Å². The maximum atomic E-state index is 13.0. The average Bonchev–Trinajstić information content (AvgIpc) is 2.47. The summed E-state index contributed by atoms with van der Waals surface area (Å²) in [6.07, 6.45) is 1.93. The molecule has 1 aromatic heterocycles. The Hall–Kier alpha value is -1.02. The van der Waals surface area contributed by atoms with Crippen LogP contribution in [0.3, 0.4) is 0 Å². The number of benzene rings is 1. The van der Waals surface area contributed by atoms with Crippen LogP contribution in [-0.2, 0) is 0 Å². The first-order valence-electron chi connectivity index (χ1n) is 4.55. The van der Waals surface area contributed by atoms with E-state index in [0.717, 1.165) is 10.9 Å². The van der Waals surface area contributed by atoms with Crippen LogP contribution in [0.4, 0.5) is 4.39 Å². The van der Waals surface area contributed by atoms with E-state index in [4.69, 9.17) is 11.6 Å². The minimum atomic E-state index is -0.288. The monoisotopic (exact) mass is 211 g/mol. The van der Waals surface area contributed by atoms with Gasteiger partial charge in [0.05, 0.1) is 10.5 Å². The van der Waals surface area contributed by atoms with Gasteiger partial charge < -0.3 is 4.57 Å². The SMILES string of the molecule is CC(C)n1ccc2cc(F)cc(Cl)c21. The zero-order chi connectivity index (χ0) is 10.3. The number of fused-ring (bicyclic) bond motifs is 1. The number of hydrogen-bond acceptors (Lipinski definition) is 0. The minimum Gasteiger partial charge on any atom is -0.344 e. The van der Waals surface area contributed by atoms with E-state index in [1.807, 2.05) is 16.8 Å². The third-order valence-electron chi connectivity index (χ3n) is 2.29. The van der Waals surface area contributed by atoms with Crippen LogP contribution in [0.5, 0.6) is 0 Å². The largest absolute Gasteiger partial charge is 0.344 e. The molecule has 0 saturated carbocycles. The van der Waals surface area contributed by atoms with Gasteiger partial charge in [0.1, 0.15) is 5.82 Å². The molecule has 2 rings (SSSR count). The van der Waals surface area contributed by atoms with Crippen LogP contribution >= 0.6 is 11.6 Å². The van der Waals surface area contributed by atoms with Gasteiger partial charge in [-0.05, 0) is 32.0 Å². The maximum Gasteiger partial charge on any atom is 0.125 e. The van der Waals surface area contributed by atoms with Crippen molar-refractivity contribution < 1.29 is 4.39 Å². The smallest absolute Gasteiger partial charge is 0.125 e. The van der Waals surface area contributed by atoms with Crippen LogP contribution < -0.4 is 0 Å². The number of hydrogen-bond donors (Lipinski definition) is 0. The molecule has 0 amide bonds. The first kappa shape index (κ1) is 9.53. The van der Waals surface area contributed by atoms with Gasteiger partial charge in [-0.2, -0.15) is 0 Å². The summed E-state index contributed by atoms with van der Waals surface area (Å²) in [6, 6.07) is 5.06. The number of aromatic nitrogens is 1. The number of nitrogens with zero attached hydrogens (tertiary/aromatic N) is 1. The van der Waals surface area contributed by atoms with Crippen molar-refractivity contribution in [1.82, 2.24) is 4.57 Å². The normalized spacial score (nSPS) is 11.5. The van der Waals surface area contributed by atoms with Gasteiger partial charge in [0.15, 0.2) is 0 Å². The summed E-state index contributed by atoms with van der Waals surface area (Å²) < 4.78 is 15.1. The molecule has 0 N–H and O–H groups in total. The van der Waals surface area contributed by atoms with E-state index >= 15 is 0 Å². The Morgan fingerprint density at radius 1 is 1.36 bits per heavy atom. The first-order chi connectivity index (χ1) is 6.59. The average molecular weight is 212 g/mol. The molecule has 0 aliphatic carbocycles. The highest BCUT2D eigenvalue weighted by atomic mass is 35.5. The Morgan fingerprint density at radius 3 is 2.71 bits per heavy atom. The third kappa shape index (κ3) is 1.40. The second kappa shape index (κ2) is 3.28. The van der Waals surface area contributed by atoms with Gasteiger partial charge in [-0.15, -0.1) is 0 Å². The predicted molar refractivity (Wildman–Crippen MR) is 57.3 cm³/mol. The topological polar surface area (TPSA) is 4.93 Å². The lowest BCUT2D eigenvalue weighted by molar-refractivity contribution is 0.618. The van der Waals surface area contributed by atoms with Crippen molar-refractivity contribution in [3.63, 3.8) is 0 Å². The molecular formula is C11H11ClFN. The molecule has 0 fully saturated rings. The number of rotatable bonds is 1. The summed E-state index contributed by atoms with van der Waals surface area (Å²) in [5.74, 6) is -0.288. The van der Waals surface area contributed by atoms with Gasteiger partial charge in [-0.1, -0.05) is 11.6 Å². The van der Waals surface area contributed by atoms with E-state index in [9.17, 15) is 4.39 Å². The molecule has 0 spiro atoms. The van der Waals surface area contributed by atoms with Crippen molar-refractivity contribution in [3.05, 3.63) is 35.2 Å². The van der Waals surface area contributed by atoms with Gasteiger partial charge in [0.2, 0.25) is 0 Å². The van der Waals surface area contributed by atoms with Gasteiger partial charge in [0.25, 0.3) is 0 Å². The van der Waals surface area contributed by atoms with Gasteiger partial charge in [-0.25, -0.2) is 4.39 Å². The van der Waals surface area contributed by atoms with Crippen molar-refractivity contribution in [1.29, 1.82) is 0 Å². The molecule has 0 atom stereocenters. The summed E-state index contributed by atoms with van der Waals surface area (Å²) in [7, 11) is 0. The highest BCUT2D eigenvalue weighted by molar-refractivity contribution is 6.35. The fraction of sp³-hybridized carbons (Fsp3) is 0.273. The molecule has 14 heavy (non-hydrogen) atoms. The molecule has 0 radical (unpaired) electrons. The summed E-state index contributed by atoms with van der Waals surface area (Å²) in [4.78, 5) is 0. The number of halogens is 2. The second-order valence-corrected chi connectivity index (χ2v) is 4.05. The fourth-order valence-electron chi connectivity index (χ4n) is 1.65. The molecular weight excluding hydrogens is 201 g/mol. The zero-order valence-electron chi connectivity index (χ0n) is 8.09. The molecule has 0 saturated heterocycles. The summed E-state index contributed by atoms with van der Waals surface area (Å²) in [6.45, 7) is 4.14. The summed E-state index contributed by atoms with van der Waals surface area (Å²) in [5, 5.41) is 1.32. The highest BCUT2D eigenvalue weighted by Crippen LogP contribution is 2.28. The third-order valence-corrected chi connectivity index (χ3v) is 2.58. The molecule has 1 nitrogen and oxygen atoms in total. The standard InChI is InChI=1S/C11H11ClFN/c1-7(2)14-4-3-8-5-9(13)6-10(12)11(8)14/h3-7H,1-2H3. The van der Waals surface area contributed by atoms with Crippen LogP contribution in [-0.4, -0.2) is 4.57 Å². The van der Waals surface area contributed by atoms with Crippen molar-refractivity contribution in [2.75, 3.05) is 0 Å².